The highest BCUT2D eigenvalue weighted by molar-refractivity contribution is 6.01. The van der Waals surface area contributed by atoms with Crippen molar-refractivity contribution in [1.82, 2.24) is 10.6 Å². The quantitative estimate of drug-likeness (QED) is 0.733. The largest absolute Gasteiger partial charge is 0.398 e. The number of nitrogens with one attached hydrogen (secondary N) is 2. The first kappa shape index (κ1) is 15.9. The van der Waals surface area contributed by atoms with Gasteiger partial charge in [0.15, 0.2) is 0 Å². The van der Waals surface area contributed by atoms with E-state index in [1.807, 2.05) is 20.8 Å². The summed E-state index contributed by atoms with van der Waals surface area (Å²) in [5, 5.41) is 5.23. The molecule has 0 aliphatic heterocycles. The second-order valence-corrected chi connectivity index (χ2v) is 5.67. The monoisotopic (exact) mass is 281 g/mol. The minimum Gasteiger partial charge on any atom is -0.398 e. The average molecular weight is 281 g/mol. The smallest absolute Gasteiger partial charge is 0.254 e. The number of carbonyl (C=O) groups excluding carboxylic acids is 2. The summed E-state index contributed by atoms with van der Waals surface area (Å²) in [6.45, 7) is 7.06. The molecule has 1 aromatic carbocycles. The van der Waals surface area contributed by atoms with Crippen molar-refractivity contribution in [2.75, 3.05) is 5.73 Å². The number of nitrogen functional groups attached to an aromatic ring is 1. The van der Waals surface area contributed by atoms with E-state index in [0.717, 1.165) is 6.07 Å². The van der Waals surface area contributed by atoms with Gasteiger partial charge in [0.25, 0.3) is 5.91 Å². The van der Waals surface area contributed by atoms with Crippen molar-refractivity contribution in [2.24, 2.45) is 0 Å². The van der Waals surface area contributed by atoms with Crippen molar-refractivity contribution in [1.29, 1.82) is 0 Å². The van der Waals surface area contributed by atoms with E-state index in [4.69, 9.17) is 5.73 Å². The summed E-state index contributed by atoms with van der Waals surface area (Å²) >= 11 is 0. The number of anilines is 1. The van der Waals surface area contributed by atoms with E-state index in [2.05, 4.69) is 10.6 Å². The first-order chi connectivity index (χ1) is 9.10. The normalized spacial score (nSPS) is 12.7. The number of hydrogen-bond acceptors (Lipinski definition) is 3. The number of rotatable bonds is 3. The van der Waals surface area contributed by atoms with E-state index < -0.39 is 23.3 Å². The van der Waals surface area contributed by atoms with Gasteiger partial charge in [0.1, 0.15) is 11.9 Å². The molecule has 0 saturated heterocycles. The van der Waals surface area contributed by atoms with E-state index in [0.29, 0.717) is 0 Å². The SMILES string of the molecule is CC(NC(=O)c1cc(F)ccc1N)C(=O)NC(C)(C)C. The lowest BCUT2D eigenvalue weighted by atomic mass is 10.1. The van der Waals surface area contributed by atoms with Crippen molar-refractivity contribution in [3.8, 4) is 0 Å². The van der Waals surface area contributed by atoms with Gasteiger partial charge in [0.2, 0.25) is 5.91 Å². The van der Waals surface area contributed by atoms with Crippen LogP contribution in [0.2, 0.25) is 0 Å². The van der Waals surface area contributed by atoms with E-state index in [-0.39, 0.29) is 17.2 Å². The van der Waals surface area contributed by atoms with Gasteiger partial charge in [-0.25, -0.2) is 4.39 Å². The molecule has 0 aromatic heterocycles. The standard InChI is InChI=1S/C14H20FN3O2/c1-8(12(19)18-14(2,3)4)17-13(20)10-7-9(15)5-6-11(10)16/h5-8H,16H2,1-4H3,(H,17,20)(H,18,19). The Morgan fingerprint density at radius 3 is 2.45 bits per heavy atom. The Labute approximate surface area is 117 Å². The molecule has 0 spiro atoms. The van der Waals surface area contributed by atoms with Gasteiger partial charge >= 0.3 is 0 Å². The lowest BCUT2D eigenvalue weighted by Crippen LogP contribution is -2.50. The maximum atomic E-state index is 13.1. The van der Waals surface area contributed by atoms with Gasteiger partial charge < -0.3 is 16.4 Å². The fraction of sp³-hybridized carbons (Fsp3) is 0.429. The molecule has 6 heteroatoms. The van der Waals surface area contributed by atoms with Crippen LogP contribution in [-0.2, 0) is 4.79 Å². The molecule has 5 nitrogen and oxygen atoms in total. The molecule has 1 atom stereocenters. The third kappa shape index (κ3) is 4.53. The van der Waals surface area contributed by atoms with Crippen LogP contribution < -0.4 is 16.4 Å². The fourth-order valence-corrected chi connectivity index (χ4v) is 1.54. The highest BCUT2D eigenvalue weighted by Gasteiger charge is 2.22. The van der Waals surface area contributed by atoms with Crippen LogP contribution >= 0.6 is 0 Å². The van der Waals surface area contributed by atoms with Crippen LogP contribution in [-0.4, -0.2) is 23.4 Å². The third-order valence-electron chi connectivity index (χ3n) is 2.50. The molecule has 0 bridgehead atoms. The van der Waals surface area contributed by atoms with Gasteiger partial charge in [0, 0.05) is 11.2 Å². The van der Waals surface area contributed by atoms with Crippen LogP contribution in [0.5, 0.6) is 0 Å². The summed E-state index contributed by atoms with van der Waals surface area (Å²) in [5.74, 6) is -1.46. The number of amides is 2. The summed E-state index contributed by atoms with van der Waals surface area (Å²) in [4.78, 5) is 23.8. The van der Waals surface area contributed by atoms with Crippen molar-refractivity contribution in [3.63, 3.8) is 0 Å². The van der Waals surface area contributed by atoms with E-state index >= 15 is 0 Å². The van der Waals surface area contributed by atoms with Gasteiger partial charge in [0.05, 0.1) is 5.56 Å². The van der Waals surface area contributed by atoms with Crippen molar-refractivity contribution < 1.29 is 14.0 Å². The van der Waals surface area contributed by atoms with Gasteiger partial charge in [-0.3, -0.25) is 9.59 Å². The summed E-state index contributed by atoms with van der Waals surface area (Å²) < 4.78 is 13.1. The highest BCUT2D eigenvalue weighted by atomic mass is 19.1. The molecule has 0 aliphatic carbocycles. The lowest BCUT2D eigenvalue weighted by Gasteiger charge is -2.23. The predicted molar refractivity (Wildman–Crippen MR) is 75.6 cm³/mol. The van der Waals surface area contributed by atoms with Crippen LogP contribution in [0.1, 0.15) is 38.1 Å². The molecule has 0 saturated carbocycles. The molecule has 1 unspecified atom stereocenters. The molecule has 1 aromatic rings. The summed E-state index contributed by atoms with van der Waals surface area (Å²) in [5.41, 5.74) is 5.39. The van der Waals surface area contributed by atoms with Gasteiger partial charge in [-0.05, 0) is 45.9 Å². The summed E-state index contributed by atoms with van der Waals surface area (Å²) in [6, 6.07) is 2.77. The highest BCUT2D eigenvalue weighted by Crippen LogP contribution is 2.13. The van der Waals surface area contributed by atoms with Gasteiger partial charge in [-0.1, -0.05) is 0 Å². The molecule has 0 fully saturated rings. The Balaban J connectivity index is 2.75. The van der Waals surface area contributed by atoms with E-state index in [1.54, 1.807) is 6.92 Å². The number of halogens is 1. The Hall–Kier alpha value is -2.11. The minimum absolute atomic E-state index is 0.0143. The molecule has 4 N–H and O–H groups in total. The summed E-state index contributed by atoms with van der Waals surface area (Å²) in [6.07, 6.45) is 0. The van der Waals surface area contributed by atoms with Crippen LogP contribution in [0.25, 0.3) is 0 Å². The Morgan fingerprint density at radius 1 is 1.30 bits per heavy atom. The first-order valence-electron chi connectivity index (χ1n) is 6.28. The molecule has 2 amide bonds. The second kappa shape index (κ2) is 5.90. The predicted octanol–water partition coefficient (Wildman–Crippen LogP) is 1.44. The minimum atomic E-state index is -0.746. The van der Waals surface area contributed by atoms with Crippen molar-refractivity contribution in [3.05, 3.63) is 29.6 Å². The third-order valence-corrected chi connectivity index (χ3v) is 2.50. The fourth-order valence-electron chi connectivity index (χ4n) is 1.54. The van der Waals surface area contributed by atoms with Gasteiger partial charge in [-0.15, -0.1) is 0 Å². The zero-order chi connectivity index (χ0) is 15.5. The van der Waals surface area contributed by atoms with Crippen LogP contribution in [0, 0.1) is 5.82 Å². The van der Waals surface area contributed by atoms with Crippen molar-refractivity contribution >= 4 is 17.5 Å². The lowest BCUT2D eigenvalue weighted by molar-refractivity contribution is -0.124. The van der Waals surface area contributed by atoms with E-state index in [1.165, 1.54) is 12.1 Å². The zero-order valence-corrected chi connectivity index (χ0v) is 12.1. The zero-order valence-electron chi connectivity index (χ0n) is 12.1. The molecular weight excluding hydrogens is 261 g/mol. The van der Waals surface area contributed by atoms with Crippen molar-refractivity contribution in [2.45, 2.75) is 39.3 Å². The summed E-state index contributed by atoms with van der Waals surface area (Å²) in [7, 11) is 0. The second-order valence-electron chi connectivity index (χ2n) is 5.67. The molecule has 1 rings (SSSR count). The van der Waals surface area contributed by atoms with Crippen LogP contribution in [0.15, 0.2) is 18.2 Å². The topological polar surface area (TPSA) is 84.2 Å². The number of carbonyl (C=O) groups is 2. The van der Waals surface area contributed by atoms with Gasteiger partial charge in [-0.2, -0.15) is 0 Å². The van der Waals surface area contributed by atoms with Crippen LogP contribution in [0.4, 0.5) is 10.1 Å². The maximum Gasteiger partial charge on any atom is 0.254 e. The van der Waals surface area contributed by atoms with Crippen LogP contribution in [0.3, 0.4) is 0 Å². The maximum absolute atomic E-state index is 13.1. The molecule has 0 radical (unpaired) electrons. The number of benzene rings is 1. The first-order valence-corrected chi connectivity index (χ1v) is 6.28. The average Bonchev–Trinajstić information content (AvgIpc) is 2.29. The molecule has 0 aliphatic rings. The Bertz CT molecular complexity index is 524. The number of nitrogens with two attached hydrogens (primary N) is 1. The van der Waals surface area contributed by atoms with E-state index in [9.17, 15) is 14.0 Å². The molecular formula is C14H20FN3O2. The Kier molecular flexibility index (Phi) is 4.70. The number of hydrogen-bond donors (Lipinski definition) is 3. The Morgan fingerprint density at radius 2 is 1.90 bits per heavy atom. The molecule has 0 heterocycles. The molecule has 20 heavy (non-hydrogen) atoms. The molecule has 110 valence electrons.